The van der Waals surface area contributed by atoms with E-state index in [1.165, 1.54) is 25.9 Å². The quantitative estimate of drug-likeness (QED) is 0.491. The van der Waals surface area contributed by atoms with E-state index in [2.05, 4.69) is 21.5 Å². The Balaban J connectivity index is 2.01. The minimum absolute atomic E-state index is 0.0240. The van der Waals surface area contributed by atoms with Gasteiger partial charge in [-0.3, -0.25) is 4.79 Å². The van der Waals surface area contributed by atoms with Crippen LogP contribution in [0.4, 0.5) is 0 Å². The van der Waals surface area contributed by atoms with Gasteiger partial charge in [-0.2, -0.15) is 0 Å². The minimum atomic E-state index is -0.165. The number of hydrogen-bond donors (Lipinski definition) is 2. The van der Waals surface area contributed by atoms with E-state index in [0.29, 0.717) is 6.54 Å². The first-order valence-corrected chi connectivity index (χ1v) is 6.41. The van der Waals surface area contributed by atoms with Crippen molar-refractivity contribution in [2.75, 3.05) is 32.7 Å². The van der Waals surface area contributed by atoms with Crippen molar-refractivity contribution >= 4 is 5.91 Å². The second kappa shape index (κ2) is 8.10. The molecule has 0 aliphatic carbocycles. The van der Waals surface area contributed by atoms with Crippen molar-refractivity contribution in [1.82, 2.24) is 15.5 Å². The molecule has 4 heteroatoms. The Labute approximate surface area is 104 Å². The van der Waals surface area contributed by atoms with Gasteiger partial charge in [0.2, 0.25) is 5.91 Å². The number of hydrogen-bond acceptors (Lipinski definition) is 3. The summed E-state index contributed by atoms with van der Waals surface area (Å²) in [5.41, 5.74) is 0. The Kier molecular flexibility index (Phi) is 6.68. The SMILES string of the molecule is C#CCNC(=O)C(C)NCCCN1CCCC1. The molecule has 0 bridgehead atoms. The van der Waals surface area contributed by atoms with Crippen molar-refractivity contribution in [2.45, 2.75) is 32.2 Å². The van der Waals surface area contributed by atoms with Gasteiger partial charge in [0.1, 0.15) is 0 Å². The van der Waals surface area contributed by atoms with Crippen LogP contribution in [0.15, 0.2) is 0 Å². The van der Waals surface area contributed by atoms with Crippen LogP contribution < -0.4 is 10.6 Å². The molecule has 1 saturated heterocycles. The Morgan fingerprint density at radius 1 is 1.47 bits per heavy atom. The second-order valence-corrected chi connectivity index (χ2v) is 4.50. The van der Waals surface area contributed by atoms with Gasteiger partial charge in [0.25, 0.3) is 0 Å². The summed E-state index contributed by atoms with van der Waals surface area (Å²) in [5, 5.41) is 5.87. The Hall–Kier alpha value is -1.05. The molecule has 1 amide bonds. The van der Waals surface area contributed by atoms with Gasteiger partial charge in [0.05, 0.1) is 12.6 Å². The van der Waals surface area contributed by atoms with Gasteiger partial charge in [-0.25, -0.2) is 0 Å². The molecule has 0 radical (unpaired) electrons. The standard InChI is InChI=1S/C13H23N3O/c1-3-7-15-13(17)12(2)14-8-6-11-16-9-4-5-10-16/h1,12,14H,4-11H2,2H3,(H,15,17). The predicted octanol–water partition coefficient (Wildman–Crippen LogP) is 0.200. The number of likely N-dealkylation sites (tertiary alicyclic amines) is 1. The minimum Gasteiger partial charge on any atom is -0.344 e. The molecule has 4 nitrogen and oxygen atoms in total. The topological polar surface area (TPSA) is 44.4 Å². The van der Waals surface area contributed by atoms with E-state index in [1.807, 2.05) is 6.92 Å². The van der Waals surface area contributed by atoms with E-state index in [4.69, 9.17) is 6.42 Å². The fraction of sp³-hybridized carbons (Fsp3) is 0.769. The summed E-state index contributed by atoms with van der Waals surface area (Å²) in [5.74, 6) is 2.37. The predicted molar refractivity (Wildman–Crippen MR) is 69.6 cm³/mol. The maximum Gasteiger partial charge on any atom is 0.237 e. The summed E-state index contributed by atoms with van der Waals surface area (Å²) in [4.78, 5) is 13.9. The highest BCUT2D eigenvalue weighted by atomic mass is 16.2. The van der Waals surface area contributed by atoms with E-state index in [-0.39, 0.29) is 11.9 Å². The van der Waals surface area contributed by atoms with Crippen molar-refractivity contribution in [3.63, 3.8) is 0 Å². The summed E-state index contributed by atoms with van der Waals surface area (Å²) < 4.78 is 0. The maximum atomic E-state index is 11.5. The molecule has 1 heterocycles. The lowest BCUT2D eigenvalue weighted by molar-refractivity contribution is -0.122. The molecule has 96 valence electrons. The summed E-state index contributed by atoms with van der Waals surface area (Å²) in [6.07, 6.45) is 8.83. The molecule has 0 aromatic carbocycles. The third-order valence-electron chi connectivity index (χ3n) is 3.06. The molecule has 0 saturated carbocycles. The van der Waals surface area contributed by atoms with Crippen LogP contribution in [0, 0.1) is 12.3 Å². The third-order valence-corrected chi connectivity index (χ3v) is 3.06. The number of terminal acetylenes is 1. The monoisotopic (exact) mass is 237 g/mol. The summed E-state index contributed by atoms with van der Waals surface area (Å²) in [6, 6.07) is -0.165. The Bertz CT molecular complexity index is 266. The largest absolute Gasteiger partial charge is 0.344 e. The zero-order chi connectivity index (χ0) is 12.5. The summed E-state index contributed by atoms with van der Waals surface area (Å²) in [7, 11) is 0. The van der Waals surface area contributed by atoms with Gasteiger partial charge in [0, 0.05) is 0 Å². The molecule has 0 aromatic heterocycles. The van der Waals surface area contributed by atoms with Crippen molar-refractivity contribution < 1.29 is 4.79 Å². The van der Waals surface area contributed by atoms with E-state index in [9.17, 15) is 4.79 Å². The maximum absolute atomic E-state index is 11.5. The van der Waals surface area contributed by atoms with Gasteiger partial charge in [0.15, 0.2) is 0 Å². The number of amides is 1. The number of rotatable bonds is 7. The van der Waals surface area contributed by atoms with Crippen molar-refractivity contribution in [2.24, 2.45) is 0 Å². The normalized spacial score (nSPS) is 17.6. The number of carbonyl (C=O) groups excluding carboxylic acids is 1. The zero-order valence-corrected chi connectivity index (χ0v) is 10.7. The van der Waals surface area contributed by atoms with Gasteiger partial charge < -0.3 is 15.5 Å². The molecule has 1 fully saturated rings. The summed E-state index contributed by atoms with van der Waals surface area (Å²) >= 11 is 0. The molecule has 0 aromatic rings. The lowest BCUT2D eigenvalue weighted by Crippen LogP contribution is -2.43. The molecule has 17 heavy (non-hydrogen) atoms. The van der Waals surface area contributed by atoms with Crippen molar-refractivity contribution in [3.05, 3.63) is 0 Å². The number of carbonyl (C=O) groups is 1. The highest BCUT2D eigenvalue weighted by Crippen LogP contribution is 2.06. The van der Waals surface area contributed by atoms with E-state index >= 15 is 0 Å². The first kappa shape index (κ1) is 14.0. The highest BCUT2D eigenvalue weighted by molar-refractivity contribution is 5.81. The van der Waals surface area contributed by atoms with E-state index < -0.39 is 0 Å². The van der Waals surface area contributed by atoms with E-state index in [1.54, 1.807) is 0 Å². The van der Waals surface area contributed by atoms with Crippen LogP contribution in [0.3, 0.4) is 0 Å². The molecular weight excluding hydrogens is 214 g/mol. The van der Waals surface area contributed by atoms with Crippen molar-refractivity contribution in [3.8, 4) is 12.3 Å². The van der Waals surface area contributed by atoms with Crippen LogP contribution in [0.5, 0.6) is 0 Å². The number of nitrogens with one attached hydrogen (secondary N) is 2. The van der Waals surface area contributed by atoms with Crippen LogP contribution in [0.1, 0.15) is 26.2 Å². The molecule has 1 aliphatic rings. The first-order chi connectivity index (χ1) is 8.24. The lowest BCUT2D eigenvalue weighted by atomic mass is 10.3. The molecule has 1 rings (SSSR count). The number of nitrogens with zero attached hydrogens (tertiary/aromatic N) is 1. The lowest BCUT2D eigenvalue weighted by Gasteiger charge is -2.16. The smallest absolute Gasteiger partial charge is 0.237 e. The highest BCUT2D eigenvalue weighted by Gasteiger charge is 2.12. The molecule has 0 spiro atoms. The van der Waals surface area contributed by atoms with Crippen LogP contribution in [-0.2, 0) is 4.79 Å². The average Bonchev–Trinajstić information content (AvgIpc) is 2.84. The summed E-state index contributed by atoms with van der Waals surface area (Å²) in [6.45, 7) is 6.64. The van der Waals surface area contributed by atoms with Crippen LogP contribution >= 0.6 is 0 Å². The van der Waals surface area contributed by atoms with Gasteiger partial charge in [-0.1, -0.05) is 5.92 Å². The fourth-order valence-corrected chi connectivity index (χ4v) is 2.01. The first-order valence-electron chi connectivity index (χ1n) is 6.41. The molecular formula is C13H23N3O. The molecule has 1 atom stereocenters. The van der Waals surface area contributed by atoms with Gasteiger partial charge in [-0.15, -0.1) is 6.42 Å². The van der Waals surface area contributed by atoms with E-state index in [0.717, 1.165) is 19.5 Å². The molecule has 1 unspecified atom stereocenters. The van der Waals surface area contributed by atoms with Crippen LogP contribution in [0.2, 0.25) is 0 Å². The van der Waals surface area contributed by atoms with Gasteiger partial charge >= 0.3 is 0 Å². The Morgan fingerprint density at radius 2 is 2.18 bits per heavy atom. The van der Waals surface area contributed by atoms with Crippen LogP contribution in [-0.4, -0.2) is 49.6 Å². The molecule has 1 aliphatic heterocycles. The van der Waals surface area contributed by atoms with Crippen molar-refractivity contribution in [1.29, 1.82) is 0 Å². The third kappa shape index (κ3) is 5.71. The zero-order valence-electron chi connectivity index (χ0n) is 10.7. The van der Waals surface area contributed by atoms with Crippen LogP contribution in [0.25, 0.3) is 0 Å². The fourth-order valence-electron chi connectivity index (χ4n) is 2.01. The second-order valence-electron chi connectivity index (χ2n) is 4.50. The Morgan fingerprint density at radius 3 is 2.82 bits per heavy atom. The average molecular weight is 237 g/mol. The molecule has 2 N–H and O–H groups in total. The van der Waals surface area contributed by atoms with Gasteiger partial charge in [-0.05, 0) is 52.4 Å².